The van der Waals surface area contributed by atoms with Crippen LogP contribution in [0.4, 0.5) is 15.9 Å². The van der Waals surface area contributed by atoms with Crippen molar-refractivity contribution in [1.82, 2.24) is 25.0 Å². The maximum atomic E-state index is 14.1. The highest BCUT2D eigenvalue weighted by atomic mass is 19.1. The van der Waals surface area contributed by atoms with E-state index >= 15 is 0 Å². The lowest BCUT2D eigenvalue weighted by Crippen LogP contribution is -2.36. The molecule has 2 aromatic heterocycles. The summed E-state index contributed by atoms with van der Waals surface area (Å²) in [6.07, 6.45) is 1.19. The number of ether oxygens (including phenoxy) is 1. The predicted molar refractivity (Wildman–Crippen MR) is 110 cm³/mol. The van der Waals surface area contributed by atoms with Crippen molar-refractivity contribution in [2.45, 2.75) is 19.6 Å². The number of hydrogen-bond acceptors (Lipinski definition) is 9. The maximum Gasteiger partial charge on any atom is 0.188 e. The summed E-state index contributed by atoms with van der Waals surface area (Å²) >= 11 is 0. The minimum Gasteiger partial charge on any atom is -0.482 e. The normalized spacial score (nSPS) is 17.6. The summed E-state index contributed by atoms with van der Waals surface area (Å²) in [5.74, 6) is -0.00709. The number of benzene rings is 1. The van der Waals surface area contributed by atoms with Crippen molar-refractivity contribution in [3.8, 4) is 23.1 Å². The number of nitrogens with two attached hydrogens (primary N) is 1. The maximum absolute atomic E-state index is 14.1. The molecule has 0 amide bonds. The fraction of sp³-hybridized carbons (Fsp3) is 0.250. The highest BCUT2D eigenvalue weighted by molar-refractivity contribution is 5.72. The molecule has 0 spiro atoms. The van der Waals surface area contributed by atoms with Crippen LogP contribution < -0.4 is 15.6 Å². The smallest absolute Gasteiger partial charge is 0.188 e. The average molecular weight is 419 g/mol. The summed E-state index contributed by atoms with van der Waals surface area (Å²) in [4.78, 5) is 0. The zero-order chi connectivity index (χ0) is 21.7. The van der Waals surface area contributed by atoms with E-state index in [1.54, 1.807) is 37.4 Å². The van der Waals surface area contributed by atoms with Gasteiger partial charge in [-0.3, -0.25) is 4.68 Å². The zero-order valence-corrected chi connectivity index (χ0v) is 16.8. The molecule has 156 valence electrons. The Kier molecular flexibility index (Phi) is 4.30. The average Bonchev–Trinajstić information content (AvgIpc) is 3.32. The first-order valence-electron chi connectivity index (χ1n) is 9.59. The van der Waals surface area contributed by atoms with Crippen molar-refractivity contribution in [2.24, 2.45) is 12.1 Å². The van der Waals surface area contributed by atoms with Crippen LogP contribution in [0.2, 0.25) is 0 Å². The van der Waals surface area contributed by atoms with Crippen molar-refractivity contribution < 1.29 is 9.13 Å². The van der Waals surface area contributed by atoms with Crippen LogP contribution in [-0.2, 0) is 13.6 Å². The Hall–Kier alpha value is -4.04. The lowest BCUT2D eigenvalue weighted by atomic mass is 10.1. The van der Waals surface area contributed by atoms with E-state index in [-0.39, 0.29) is 17.4 Å². The van der Waals surface area contributed by atoms with Gasteiger partial charge in [0, 0.05) is 24.9 Å². The van der Waals surface area contributed by atoms with Gasteiger partial charge >= 0.3 is 0 Å². The molecule has 1 unspecified atom stereocenters. The summed E-state index contributed by atoms with van der Waals surface area (Å²) in [5.41, 5.74) is 9.22. The van der Waals surface area contributed by atoms with Gasteiger partial charge < -0.3 is 10.5 Å². The Labute approximate surface area is 176 Å². The molecule has 2 aliphatic heterocycles. The van der Waals surface area contributed by atoms with Gasteiger partial charge in [-0.1, -0.05) is 0 Å². The summed E-state index contributed by atoms with van der Waals surface area (Å²) in [5, 5.41) is 30.6. The van der Waals surface area contributed by atoms with Gasteiger partial charge in [-0.2, -0.15) is 25.6 Å². The fourth-order valence-corrected chi connectivity index (χ4v) is 3.85. The second kappa shape index (κ2) is 7.03. The highest BCUT2D eigenvalue weighted by Crippen LogP contribution is 2.37. The van der Waals surface area contributed by atoms with Crippen molar-refractivity contribution in [3.63, 3.8) is 0 Å². The van der Waals surface area contributed by atoms with Crippen LogP contribution in [0, 0.1) is 17.1 Å². The Morgan fingerprint density at radius 3 is 2.94 bits per heavy atom. The van der Waals surface area contributed by atoms with Crippen molar-refractivity contribution >= 4 is 17.7 Å². The molecule has 11 heteroatoms. The summed E-state index contributed by atoms with van der Waals surface area (Å²) in [6, 6.07) is 8.28. The zero-order valence-electron chi connectivity index (χ0n) is 16.8. The fourth-order valence-electron chi connectivity index (χ4n) is 3.85. The number of aromatic nitrogens is 4. The molecule has 1 atom stereocenters. The molecule has 4 heterocycles. The molecule has 2 N–H and O–H groups in total. The molecule has 0 saturated carbocycles. The molecular formula is C20H18FN9O. The van der Waals surface area contributed by atoms with E-state index in [0.717, 1.165) is 0 Å². The summed E-state index contributed by atoms with van der Waals surface area (Å²) in [6.45, 7) is 2.66. The summed E-state index contributed by atoms with van der Waals surface area (Å²) < 4.78 is 21.7. The number of rotatable bonds is 0. The van der Waals surface area contributed by atoms with E-state index in [9.17, 15) is 9.65 Å². The lowest BCUT2D eigenvalue weighted by Gasteiger charge is -2.30. The largest absolute Gasteiger partial charge is 0.482 e. The molecule has 2 bridgehead atoms. The number of anilines is 2. The second-order valence-corrected chi connectivity index (χ2v) is 7.28. The molecular weight excluding hydrogens is 401 g/mol. The lowest BCUT2D eigenvalue weighted by molar-refractivity contribution is 0.224. The number of nitrogens with zero attached hydrogens (tertiary/aromatic N) is 8. The van der Waals surface area contributed by atoms with Crippen molar-refractivity contribution in [1.29, 1.82) is 5.26 Å². The van der Waals surface area contributed by atoms with Crippen LogP contribution in [0.1, 0.15) is 30.0 Å². The van der Waals surface area contributed by atoms with Crippen molar-refractivity contribution in [2.75, 3.05) is 17.4 Å². The first-order valence-corrected chi connectivity index (χ1v) is 9.59. The molecule has 10 nitrogen and oxygen atoms in total. The molecule has 0 fully saturated rings. The molecule has 0 aliphatic carbocycles. The van der Waals surface area contributed by atoms with Crippen LogP contribution in [0.5, 0.6) is 5.75 Å². The first kappa shape index (κ1) is 19.0. The molecule has 2 aliphatic rings. The standard InChI is InChI=1S/C20H18FN9O/c1-11-13-7-12(21)3-4-16(13)30-24-5-6-29(30)10-15-19(17(9-22)28(2)27-15)14-8-18(31-11)20(23)26-25-14/h3-5,7-8,11H,6,10H2,1-2H3,(H2,23,26). The minimum absolute atomic E-state index is 0.0929. The van der Waals surface area contributed by atoms with E-state index in [4.69, 9.17) is 10.5 Å². The van der Waals surface area contributed by atoms with Crippen LogP contribution in [0.25, 0.3) is 11.3 Å². The van der Waals surface area contributed by atoms with Crippen LogP contribution in [0.15, 0.2) is 29.4 Å². The van der Waals surface area contributed by atoms with E-state index in [0.29, 0.717) is 47.0 Å². The number of hydrazine groups is 1. The molecule has 5 rings (SSSR count). The Bertz CT molecular complexity index is 1260. The predicted octanol–water partition coefficient (Wildman–Crippen LogP) is 2.15. The van der Waals surface area contributed by atoms with Crippen LogP contribution in [0.3, 0.4) is 0 Å². The van der Waals surface area contributed by atoms with Crippen LogP contribution in [-0.4, -0.2) is 37.7 Å². The van der Waals surface area contributed by atoms with E-state index in [1.165, 1.54) is 16.8 Å². The third-order valence-corrected chi connectivity index (χ3v) is 5.30. The van der Waals surface area contributed by atoms with Gasteiger partial charge in [0.25, 0.3) is 0 Å². The number of halogens is 1. The highest BCUT2D eigenvalue weighted by Gasteiger charge is 2.30. The van der Waals surface area contributed by atoms with Gasteiger partial charge in [0.2, 0.25) is 0 Å². The van der Waals surface area contributed by atoms with Gasteiger partial charge in [0.15, 0.2) is 11.6 Å². The van der Waals surface area contributed by atoms with Gasteiger partial charge in [-0.25, -0.2) is 4.39 Å². The number of aryl methyl sites for hydroxylation is 1. The molecule has 0 saturated heterocycles. The Balaban J connectivity index is 1.76. The molecule has 1 aromatic carbocycles. The third-order valence-electron chi connectivity index (χ3n) is 5.30. The minimum atomic E-state index is -0.564. The molecule has 0 radical (unpaired) electrons. The van der Waals surface area contributed by atoms with Gasteiger partial charge in [0.1, 0.15) is 29.4 Å². The van der Waals surface area contributed by atoms with Crippen LogP contribution >= 0.6 is 0 Å². The SMILES string of the molecule is CC1Oc2cc(nnc2N)-c2c(nn(C)c2C#N)CN2CC=NN2c2ccc(F)cc21. The van der Waals surface area contributed by atoms with E-state index in [1.807, 2.05) is 5.01 Å². The Morgan fingerprint density at radius 1 is 1.29 bits per heavy atom. The number of hydrogen-bond donors (Lipinski definition) is 1. The molecule has 3 aromatic rings. The monoisotopic (exact) mass is 419 g/mol. The quantitative estimate of drug-likeness (QED) is 0.588. The second-order valence-electron chi connectivity index (χ2n) is 7.28. The Morgan fingerprint density at radius 2 is 2.13 bits per heavy atom. The van der Waals surface area contributed by atoms with Gasteiger partial charge in [0.05, 0.1) is 30.0 Å². The van der Waals surface area contributed by atoms with E-state index in [2.05, 4.69) is 26.5 Å². The number of nitriles is 1. The number of nitrogen functional groups attached to an aromatic ring is 1. The van der Waals surface area contributed by atoms with Gasteiger partial charge in [-0.15, -0.1) is 10.2 Å². The van der Waals surface area contributed by atoms with E-state index < -0.39 is 6.10 Å². The third kappa shape index (κ3) is 3.04. The number of hydrazone groups is 1. The van der Waals surface area contributed by atoms with Gasteiger partial charge in [-0.05, 0) is 25.1 Å². The van der Waals surface area contributed by atoms with Crippen molar-refractivity contribution in [3.05, 3.63) is 47.0 Å². The number of fused-ring (bicyclic) bond motifs is 7. The summed E-state index contributed by atoms with van der Waals surface area (Å²) in [7, 11) is 1.70. The first-order chi connectivity index (χ1) is 15.0. The molecule has 31 heavy (non-hydrogen) atoms. The topological polar surface area (TPSA) is 121 Å².